The second-order valence-electron chi connectivity index (χ2n) is 7.50. The van der Waals surface area contributed by atoms with Crippen LogP contribution in [0, 0.1) is 5.92 Å². The van der Waals surface area contributed by atoms with Gasteiger partial charge in [0.1, 0.15) is 5.82 Å². The Kier molecular flexibility index (Phi) is 3.05. The van der Waals surface area contributed by atoms with Gasteiger partial charge in [-0.15, -0.1) is 0 Å². The zero-order valence-electron chi connectivity index (χ0n) is 13.2. The number of aromatic nitrogens is 3. The third-order valence-corrected chi connectivity index (χ3v) is 6.73. The number of fused-ring (bicyclic) bond motifs is 3. The number of rotatable bonds is 3. The average molecular weight is 376 g/mol. The Bertz CT molecular complexity index is 773. The second-order valence-corrected chi connectivity index (χ2v) is 8.35. The van der Waals surface area contributed by atoms with Gasteiger partial charge in [0.05, 0.1) is 16.4 Å². The lowest BCUT2D eigenvalue weighted by Crippen LogP contribution is -2.37. The summed E-state index contributed by atoms with van der Waals surface area (Å²) in [5, 5.41) is 8.14. The van der Waals surface area contributed by atoms with E-state index < -0.39 is 0 Å². The summed E-state index contributed by atoms with van der Waals surface area (Å²) in [5.74, 6) is 1.41. The number of hydrogen-bond donors (Lipinski definition) is 2. The molecule has 2 saturated carbocycles. The molecule has 5 nitrogen and oxygen atoms in total. The fourth-order valence-electron chi connectivity index (χ4n) is 4.78. The van der Waals surface area contributed by atoms with Crippen LogP contribution in [0.3, 0.4) is 0 Å². The summed E-state index contributed by atoms with van der Waals surface area (Å²) in [6.45, 7) is 1.10. The largest absolute Gasteiger partial charge is 0.383 e. The van der Waals surface area contributed by atoms with E-state index in [1.165, 1.54) is 49.8 Å². The van der Waals surface area contributed by atoms with Gasteiger partial charge < -0.3 is 11.1 Å². The van der Waals surface area contributed by atoms with Crippen molar-refractivity contribution in [2.45, 2.75) is 56.4 Å². The van der Waals surface area contributed by atoms with Crippen LogP contribution in [0.2, 0.25) is 0 Å². The molecular formula is C17H22BrN5. The van der Waals surface area contributed by atoms with Crippen LogP contribution in [0.15, 0.2) is 10.7 Å². The molecule has 3 aliphatic rings. The molecule has 2 fully saturated rings. The number of halogens is 1. The van der Waals surface area contributed by atoms with E-state index in [1.54, 1.807) is 10.7 Å². The van der Waals surface area contributed by atoms with Crippen molar-refractivity contribution in [3.05, 3.63) is 21.9 Å². The van der Waals surface area contributed by atoms with Gasteiger partial charge in [-0.2, -0.15) is 9.61 Å². The van der Waals surface area contributed by atoms with Crippen molar-refractivity contribution in [1.82, 2.24) is 19.9 Å². The van der Waals surface area contributed by atoms with Gasteiger partial charge in [0.25, 0.3) is 0 Å². The third-order valence-electron chi connectivity index (χ3n) is 6.17. The first-order valence-corrected chi connectivity index (χ1v) is 9.54. The molecule has 1 atom stereocenters. The number of nitrogens with two attached hydrogens (primary N) is 1. The predicted octanol–water partition coefficient (Wildman–Crippen LogP) is 2.81. The van der Waals surface area contributed by atoms with E-state index in [-0.39, 0.29) is 5.41 Å². The summed E-state index contributed by atoms with van der Waals surface area (Å²) in [4.78, 5) is 5.05. The average Bonchev–Trinajstić information content (AvgIpc) is 2.99. The Hall–Kier alpha value is -1.14. The molecule has 2 aromatic heterocycles. The van der Waals surface area contributed by atoms with Crippen LogP contribution >= 0.6 is 15.9 Å². The van der Waals surface area contributed by atoms with Gasteiger partial charge in [-0.1, -0.05) is 12.8 Å². The SMILES string of the molecule is Nc1c2c(nc3c(Br)cnn13)C1(CCCC1)C(CNC1CC1)C2. The zero-order valence-corrected chi connectivity index (χ0v) is 14.8. The third kappa shape index (κ3) is 2.00. The summed E-state index contributed by atoms with van der Waals surface area (Å²) in [6, 6.07) is 0.758. The van der Waals surface area contributed by atoms with Crippen molar-refractivity contribution in [3.63, 3.8) is 0 Å². The fourth-order valence-corrected chi connectivity index (χ4v) is 5.13. The molecule has 0 saturated heterocycles. The van der Waals surface area contributed by atoms with Crippen LogP contribution in [0.25, 0.3) is 5.65 Å². The summed E-state index contributed by atoms with van der Waals surface area (Å²) >= 11 is 3.57. The maximum Gasteiger partial charge on any atom is 0.171 e. The molecule has 0 bridgehead atoms. The molecule has 0 aliphatic heterocycles. The highest BCUT2D eigenvalue weighted by Gasteiger charge is 2.50. The highest BCUT2D eigenvalue weighted by Crippen LogP contribution is 2.54. The van der Waals surface area contributed by atoms with Crippen molar-refractivity contribution in [1.29, 1.82) is 0 Å². The Morgan fingerprint density at radius 3 is 2.87 bits per heavy atom. The van der Waals surface area contributed by atoms with Crippen molar-refractivity contribution < 1.29 is 0 Å². The van der Waals surface area contributed by atoms with Gasteiger partial charge in [-0.05, 0) is 60.5 Å². The molecule has 122 valence electrons. The van der Waals surface area contributed by atoms with Gasteiger partial charge in [-0.3, -0.25) is 0 Å². The molecule has 3 N–H and O–H groups in total. The molecule has 1 unspecified atom stereocenters. The van der Waals surface area contributed by atoms with E-state index in [4.69, 9.17) is 10.7 Å². The number of hydrogen-bond acceptors (Lipinski definition) is 4. The van der Waals surface area contributed by atoms with Crippen LogP contribution in [-0.2, 0) is 11.8 Å². The molecule has 0 amide bonds. The topological polar surface area (TPSA) is 68.2 Å². The van der Waals surface area contributed by atoms with Crippen LogP contribution < -0.4 is 11.1 Å². The van der Waals surface area contributed by atoms with E-state index in [9.17, 15) is 0 Å². The highest BCUT2D eigenvalue weighted by molar-refractivity contribution is 9.10. The van der Waals surface area contributed by atoms with Gasteiger partial charge in [-0.25, -0.2) is 4.98 Å². The first kappa shape index (κ1) is 14.2. The maximum absolute atomic E-state index is 6.48. The minimum atomic E-state index is 0.233. The highest BCUT2D eigenvalue weighted by atomic mass is 79.9. The summed E-state index contributed by atoms with van der Waals surface area (Å²) in [5.41, 5.74) is 10.1. The first-order valence-electron chi connectivity index (χ1n) is 8.74. The molecule has 5 rings (SSSR count). The normalized spacial score (nSPS) is 25.5. The van der Waals surface area contributed by atoms with E-state index in [0.29, 0.717) is 5.92 Å². The zero-order chi connectivity index (χ0) is 15.6. The Balaban J connectivity index is 1.62. The molecular weight excluding hydrogens is 354 g/mol. The van der Waals surface area contributed by atoms with Gasteiger partial charge in [0.15, 0.2) is 5.65 Å². The molecule has 2 aromatic rings. The van der Waals surface area contributed by atoms with Crippen molar-refractivity contribution in [2.24, 2.45) is 5.92 Å². The molecule has 1 spiro atoms. The smallest absolute Gasteiger partial charge is 0.171 e. The predicted molar refractivity (Wildman–Crippen MR) is 93.5 cm³/mol. The molecule has 2 heterocycles. The minimum absolute atomic E-state index is 0.233. The van der Waals surface area contributed by atoms with E-state index in [1.807, 2.05) is 0 Å². The summed E-state index contributed by atoms with van der Waals surface area (Å²) < 4.78 is 2.72. The Morgan fingerprint density at radius 1 is 1.35 bits per heavy atom. The fraction of sp³-hybridized carbons (Fsp3) is 0.647. The Labute approximate surface area is 144 Å². The summed E-state index contributed by atoms with van der Waals surface area (Å²) in [7, 11) is 0. The molecule has 0 radical (unpaired) electrons. The van der Waals surface area contributed by atoms with Gasteiger partial charge in [0, 0.05) is 17.0 Å². The van der Waals surface area contributed by atoms with E-state index in [0.717, 1.165) is 34.9 Å². The maximum atomic E-state index is 6.48. The molecule has 6 heteroatoms. The van der Waals surface area contributed by atoms with Crippen molar-refractivity contribution in [2.75, 3.05) is 12.3 Å². The number of nitrogens with zero attached hydrogens (tertiary/aromatic N) is 3. The first-order chi connectivity index (χ1) is 11.2. The number of nitrogens with one attached hydrogen (secondary N) is 1. The summed E-state index contributed by atoms with van der Waals surface area (Å²) in [6.07, 6.45) is 10.7. The van der Waals surface area contributed by atoms with Crippen LogP contribution in [0.5, 0.6) is 0 Å². The second kappa shape index (κ2) is 4.93. The molecule has 3 aliphatic carbocycles. The quantitative estimate of drug-likeness (QED) is 0.865. The van der Waals surface area contributed by atoms with Crippen LogP contribution in [0.4, 0.5) is 5.82 Å². The molecule has 0 aromatic carbocycles. The van der Waals surface area contributed by atoms with Gasteiger partial charge >= 0.3 is 0 Å². The van der Waals surface area contributed by atoms with Crippen LogP contribution in [-0.4, -0.2) is 27.2 Å². The lowest BCUT2D eigenvalue weighted by molar-refractivity contribution is 0.282. The van der Waals surface area contributed by atoms with E-state index in [2.05, 4.69) is 26.3 Å². The standard InChI is InChI=1S/C17H22BrN5/c18-13-9-21-23-15(19)12-7-10(8-20-11-3-4-11)17(5-1-2-6-17)14(12)22-16(13)23/h9-11,20H,1-8,19H2. The lowest BCUT2D eigenvalue weighted by Gasteiger charge is -2.31. The van der Waals surface area contributed by atoms with Crippen molar-refractivity contribution >= 4 is 27.4 Å². The van der Waals surface area contributed by atoms with Crippen molar-refractivity contribution in [3.8, 4) is 0 Å². The molecule has 23 heavy (non-hydrogen) atoms. The van der Waals surface area contributed by atoms with Gasteiger partial charge in [0.2, 0.25) is 0 Å². The number of nitrogen functional groups attached to an aromatic ring is 1. The Morgan fingerprint density at radius 2 is 2.13 bits per heavy atom. The lowest BCUT2D eigenvalue weighted by atomic mass is 9.75. The number of anilines is 1. The van der Waals surface area contributed by atoms with E-state index >= 15 is 0 Å². The minimum Gasteiger partial charge on any atom is -0.383 e. The monoisotopic (exact) mass is 375 g/mol. The van der Waals surface area contributed by atoms with Crippen LogP contribution in [0.1, 0.15) is 49.8 Å².